The minimum absolute atomic E-state index is 0.0871. The number of carbonyl (C=O) groups is 1. The van der Waals surface area contributed by atoms with Crippen LogP contribution in [0.25, 0.3) is 0 Å². The molecule has 1 aromatic carbocycles. The predicted octanol–water partition coefficient (Wildman–Crippen LogP) is 1.50. The van der Waals surface area contributed by atoms with Gasteiger partial charge in [0.2, 0.25) is 0 Å². The highest BCUT2D eigenvalue weighted by Gasteiger charge is 2.17. The minimum atomic E-state index is -1.03. The van der Waals surface area contributed by atoms with E-state index in [0.29, 0.717) is 12.3 Å². The van der Waals surface area contributed by atoms with E-state index in [2.05, 4.69) is 5.32 Å². The van der Waals surface area contributed by atoms with Gasteiger partial charge < -0.3 is 15.2 Å². The van der Waals surface area contributed by atoms with Crippen LogP contribution in [0.5, 0.6) is 0 Å². The lowest BCUT2D eigenvalue weighted by atomic mass is 10.2. The van der Waals surface area contributed by atoms with Crippen molar-refractivity contribution < 1.29 is 19.6 Å². The first kappa shape index (κ1) is 13.9. The number of nitro benzene ring substituents is 1. The third kappa shape index (κ3) is 4.02. The number of nitrogens with one attached hydrogen (secondary N) is 1. The summed E-state index contributed by atoms with van der Waals surface area (Å²) in [6, 6.07) is 4.87. The number of methoxy groups -OCH3 is 1. The first-order valence-electron chi connectivity index (χ1n) is 5.27. The van der Waals surface area contributed by atoms with Gasteiger partial charge in [0.05, 0.1) is 4.92 Å². The van der Waals surface area contributed by atoms with Crippen molar-refractivity contribution >= 4 is 17.3 Å². The molecule has 0 aliphatic carbocycles. The van der Waals surface area contributed by atoms with Crippen LogP contribution >= 0.6 is 0 Å². The van der Waals surface area contributed by atoms with Crippen molar-refractivity contribution in [3.05, 3.63) is 34.4 Å². The van der Waals surface area contributed by atoms with E-state index >= 15 is 0 Å². The van der Waals surface area contributed by atoms with Crippen molar-refractivity contribution in [1.82, 2.24) is 0 Å². The summed E-state index contributed by atoms with van der Waals surface area (Å²) < 4.78 is 4.81. The fraction of sp³-hybridized carbons (Fsp3) is 0.364. The van der Waals surface area contributed by atoms with E-state index in [1.807, 2.05) is 0 Å². The van der Waals surface area contributed by atoms with Crippen LogP contribution in [0.2, 0.25) is 0 Å². The monoisotopic (exact) mass is 254 g/mol. The van der Waals surface area contributed by atoms with Gasteiger partial charge in [-0.25, -0.2) is 4.79 Å². The second kappa shape index (κ2) is 6.55. The molecule has 0 saturated heterocycles. The van der Waals surface area contributed by atoms with E-state index in [0.717, 1.165) is 0 Å². The molecule has 1 rings (SSSR count). The Kier molecular flexibility index (Phi) is 5.06. The van der Waals surface area contributed by atoms with Gasteiger partial charge in [0.15, 0.2) is 0 Å². The van der Waals surface area contributed by atoms with E-state index in [1.165, 1.54) is 25.3 Å². The maximum absolute atomic E-state index is 11.0. The Morgan fingerprint density at radius 2 is 2.33 bits per heavy atom. The molecule has 1 unspecified atom stereocenters. The first-order valence-corrected chi connectivity index (χ1v) is 5.27. The summed E-state index contributed by atoms with van der Waals surface area (Å²) in [5.74, 6) is -1.03. The van der Waals surface area contributed by atoms with Gasteiger partial charge in [0.25, 0.3) is 5.69 Å². The average molecular weight is 254 g/mol. The third-order valence-corrected chi connectivity index (χ3v) is 2.31. The molecular formula is C11H14N2O5. The second-order valence-corrected chi connectivity index (χ2v) is 3.62. The van der Waals surface area contributed by atoms with Gasteiger partial charge in [0.1, 0.15) is 6.04 Å². The van der Waals surface area contributed by atoms with Crippen molar-refractivity contribution in [2.24, 2.45) is 0 Å². The van der Waals surface area contributed by atoms with Gasteiger partial charge in [-0.15, -0.1) is 0 Å². The van der Waals surface area contributed by atoms with Gasteiger partial charge in [0, 0.05) is 38.0 Å². The fourth-order valence-corrected chi connectivity index (χ4v) is 1.40. The maximum Gasteiger partial charge on any atom is 0.326 e. The molecule has 0 bridgehead atoms. The molecule has 0 aromatic heterocycles. The lowest BCUT2D eigenvalue weighted by Gasteiger charge is -2.15. The number of non-ortho nitro benzene ring substituents is 1. The molecule has 18 heavy (non-hydrogen) atoms. The van der Waals surface area contributed by atoms with Gasteiger partial charge in [-0.2, -0.15) is 0 Å². The first-order chi connectivity index (χ1) is 8.54. The summed E-state index contributed by atoms with van der Waals surface area (Å²) in [7, 11) is 1.48. The number of anilines is 1. The highest BCUT2D eigenvalue weighted by molar-refractivity contribution is 5.77. The average Bonchev–Trinajstić information content (AvgIpc) is 2.34. The Balaban J connectivity index is 2.77. The zero-order valence-corrected chi connectivity index (χ0v) is 9.83. The third-order valence-electron chi connectivity index (χ3n) is 2.31. The predicted molar refractivity (Wildman–Crippen MR) is 64.6 cm³/mol. The summed E-state index contributed by atoms with van der Waals surface area (Å²) in [5.41, 5.74) is 0.309. The summed E-state index contributed by atoms with van der Waals surface area (Å²) in [6.45, 7) is 0.291. The van der Waals surface area contributed by atoms with Crippen molar-refractivity contribution in [2.75, 3.05) is 19.0 Å². The Labute approximate surface area is 104 Å². The maximum atomic E-state index is 11.0. The zero-order valence-electron chi connectivity index (χ0n) is 9.83. The minimum Gasteiger partial charge on any atom is -0.480 e. The summed E-state index contributed by atoms with van der Waals surface area (Å²) >= 11 is 0. The summed E-state index contributed by atoms with van der Waals surface area (Å²) in [6.07, 6.45) is 0.272. The zero-order chi connectivity index (χ0) is 13.5. The van der Waals surface area contributed by atoms with E-state index in [-0.39, 0.29) is 12.1 Å². The Hall–Kier alpha value is -2.15. The smallest absolute Gasteiger partial charge is 0.326 e. The number of ether oxygens (including phenoxy) is 1. The van der Waals surface area contributed by atoms with Crippen LogP contribution in [0.3, 0.4) is 0 Å². The van der Waals surface area contributed by atoms with Crippen molar-refractivity contribution in [3.8, 4) is 0 Å². The number of nitro groups is 1. The molecule has 0 aliphatic heterocycles. The normalized spacial score (nSPS) is 11.8. The van der Waals surface area contributed by atoms with Gasteiger partial charge in [-0.3, -0.25) is 10.1 Å². The van der Waals surface area contributed by atoms with Crippen LogP contribution in [0.1, 0.15) is 6.42 Å². The number of hydrogen-bond acceptors (Lipinski definition) is 5. The van der Waals surface area contributed by atoms with E-state index in [9.17, 15) is 14.9 Å². The number of carboxylic acid groups (broad SMARTS) is 1. The SMILES string of the molecule is COCCC(Nc1cccc([N+](=O)[O-])c1)C(=O)O. The summed E-state index contributed by atoms with van der Waals surface area (Å²) in [4.78, 5) is 21.0. The van der Waals surface area contributed by atoms with E-state index in [1.54, 1.807) is 6.07 Å². The molecule has 7 nitrogen and oxygen atoms in total. The number of nitrogens with zero attached hydrogens (tertiary/aromatic N) is 1. The molecule has 7 heteroatoms. The fourth-order valence-electron chi connectivity index (χ4n) is 1.40. The number of hydrogen-bond donors (Lipinski definition) is 2. The lowest BCUT2D eigenvalue weighted by Crippen LogP contribution is -2.30. The standard InChI is InChI=1S/C11H14N2O5/c1-18-6-5-10(11(14)15)12-8-3-2-4-9(7-8)13(16)17/h2-4,7,10,12H,5-6H2,1H3,(H,14,15). The molecule has 98 valence electrons. The largest absolute Gasteiger partial charge is 0.480 e. The second-order valence-electron chi connectivity index (χ2n) is 3.62. The molecule has 2 N–H and O–H groups in total. The molecule has 1 aromatic rings. The Morgan fingerprint density at radius 1 is 1.61 bits per heavy atom. The molecule has 0 heterocycles. The topological polar surface area (TPSA) is 102 Å². The molecule has 0 radical (unpaired) electrons. The van der Waals surface area contributed by atoms with Crippen molar-refractivity contribution in [2.45, 2.75) is 12.5 Å². The lowest BCUT2D eigenvalue weighted by molar-refractivity contribution is -0.384. The van der Waals surface area contributed by atoms with Crippen molar-refractivity contribution in [3.63, 3.8) is 0 Å². The van der Waals surface area contributed by atoms with Crippen LogP contribution in [-0.4, -0.2) is 35.8 Å². The highest BCUT2D eigenvalue weighted by atomic mass is 16.6. The van der Waals surface area contributed by atoms with Crippen molar-refractivity contribution in [1.29, 1.82) is 0 Å². The quantitative estimate of drug-likeness (QED) is 0.564. The highest BCUT2D eigenvalue weighted by Crippen LogP contribution is 2.18. The van der Waals surface area contributed by atoms with Crippen LogP contribution in [0, 0.1) is 10.1 Å². The van der Waals surface area contributed by atoms with Crippen LogP contribution in [-0.2, 0) is 9.53 Å². The number of aliphatic carboxylic acids is 1. The number of rotatable bonds is 7. The van der Waals surface area contributed by atoms with E-state index in [4.69, 9.17) is 9.84 Å². The molecule has 0 saturated carbocycles. The van der Waals surface area contributed by atoms with Gasteiger partial charge in [-0.05, 0) is 6.07 Å². The molecule has 0 amide bonds. The van der Waals surface area contributed by atoms with Crippen LogP contribution in [0.4, 0.5) is 11.4 Å². The number of benzene rings is 1. The molecule has 0 fully saturated rings. The van der Waals surface area contributed by atoms with E-state index < -0.39 is 16.9 Å². The molecule has 0 spiro atoms. The van der Waals surface area contributed by atoms with Crippen LogP contribution < -0.4 is 5.32 Å². The summed E-state index contributed by atoms with van der Waals surface area (Å²) in [5, 5.41) is 22.3. The van der Waals surface area contributed by atoms with Crippen LogP contribution in [0.15, 0.2) is 24.3 Å². The Morgan fingerprint density at radius 3 is 2.89 bits per heavy atom. The molecule has 0 aliphatic rings. The van der Waals surface area contributed by atoms with Gasteiger partial charge >= 0.3 is 5.97 Å². The number of carboxylic acids is 1. The van der Waals surface area contributed by atoms with Gasteiger partial charge in [-0.1, -0.05) is 6.07 Å². The molecule has 1 atom stereocenters. The molecular weight excluding hydrogens is 240 g/mol. The Bertz CT molecular complexity index is 435.